The first kappa shape index (κ1) is 22.4. The molecule has 2 aromatic rings. The molecule has 166 valence electrons. The van der Waals surface area contributed by atoms with Gasteiger partial charge in [0.2, 0.25) is 0 Å². The molecule has 8 nitrogen and oxygen atoms in total. The lowest BCUT2D eigenvalue weighted by atomic mass is 9.98. The topological polar surface area (TPSA) is 84.0 Å². The largest absolute Gasteiger partial charge is 0.483 e. The van der Waals surface area contributed by atoms with Crippen molar-refractivity contribution in [3.8, 4) is 5.75 Å². The molecule has 1 aromatic heterocycles. The third-order valence-corrected chi connectivity index (χ3v) is 5.55. The van der Waals surface area contributed by atoms with Crippen molar-refractivity contribution in [3.05, 3.63) is 48.3 Å². The third kappa shape index (κ3) is 5.65. The van der Waals surface area contributed by atoms with Gasteiger partial charge in [0.15, 0.2) is 6.61 Å². The molecule has 1 atom stereocenters. The predicted octanol–water partition coefficient (Wildman–Crippen LogP) is 3.50. The van der Waals surface area contributed by atoms with Gasteiger partial charge in [-0.05, 0) is 30.0 Å². The number of para-hydroxylation sites is 1. The molecule has 3 rings (SSSR count). The molecular weight excluding hydrogens is 396 g/mol. The number of aromatic nitrogens is 1. The molecule has 2 heterocycles. The molecule has 0 radical (unpaired) electrons. The van der Waals surface area contributed by atoms with Gasteiger partial charge in [-0.15, -0.1) is 0 Å². The standard InChI is InChI=1S/C23H30N4O4/c1-4-17(2)18-7-5-6-8-21(18)31-16-22(28)25-19-15-24-10-9-20(19)26-11-13-27(14-12-26)23(29)30-3/h5-10,15,17H,4,11-14,16H2,1-3H3,(H,25,28)/t17-/m0/s1. The van der Waals surface area contributed by atoms with Crippen LogP contribution in [0.15, 0.2) is 42.7 Å². The molecule has 0 bridgehead atoms. The summed E-state index contributed by atoms with van der Waals surface area (Å²) in [6.45, 7) is 6.57. The number of rotatable bonds is 7. The van der Waals surface area contributed by atoms with Crippen LogP contribution in [0.4, 0.5) is 16.2 Å². The minimum atomic E-state index is -0.322. The van der Waals surface area contributed by atoms with E-state index in [2.05, 4.69) is 29.0 Å². The van der Waals surface area contributed by atoms with Gasteiger partial charge >= 0.3 is 6.09 Å². The second-order valence-electron chi connectivity index (χ2n) is 7.52. The number of anilines is 2. The molecule has 1 aliphatic heterocycles. The van der Waals surface area contributed by atoms with Crippen molar-refractivity contribution in [2.75, 3.05) is 50.1 Å². The molecule has 0 unspecified atom stereocenters. The number of nitrogens with zero attached hydrogens (tertiary/aromatic N) is 3. The predicted molar refractivity (Wildman–Crippen MR) is 120 cm³/mol. The summed E-state index contributed by atoms with van der Waals surface area (Å²) < 4.78 is 10.6. The number of benzene rings is 1. The van der Waals surface area contributed by atoms with Crippen LogP contribution in [0, 0.1) is 0 Å². The van der Waals surface area contributed by atoms with E-state index in [0.717, 1.165) is 23.4 Å². The lowest BCUT2D eigenvalue weighted by Gasteiger charge is -2.36. The van der Waals surface area contributed by atoms with Crippen LogP contribution in [0.25, 0.3) is 0 Å². The fraction of sp³-hybridized carbons (Fsp3) is 0.435. The number of carbonyl (C=O) groups excluding carboxylic acids is 2. The highest BCUT2D eigenvalue weighted by Gasteiger charge is 2.23. The Balaban J connectivity index is 1.61. The molecule has 0 spiro atoms. The molecule has 8 heteroatoms. The van der Waals surface area contributed by atoms with Gasteiger partial charge in [0.05, 0.1) is 24.7 Å². The maximum atomic E-state index is 12.6. The van der Waals surface area contributed by atoms with Gasteiger partial charge < -0.3 is 24.6 Å². The van der Waals surface area contributed by atoms with E-state index in [4.69, 9.17) is 9.47 Å². The Labute approximate surface area is 183 Å². The van der Waals surface area contributed by atoms with Crippen LogP contribution >= 0.6 is 0 Å². The van der Waals surface area contributed by atoms with Crippen LogP contribution in [0.1, 0.15) is 31.7 Å². The van der Waals surface area contributed by atoms with Crippen molar-refractivity contribution in [1.82, 2.24) is 9.88 Å². The van der Waals surface area contributed by atoms with Crippen molar-refractivity contribution in [3.63, 3.8) is 0 Å². The minimum absolute atomic E-state index is 0.0854. The Bertz CT molecular complexity index is 897. The first-order valence-electron chi connectivity index (χ1n) is 10.6. The lowest BCUT2D eigenvalue weighted by molar-refractivity contribution is -0.118. The Morgan fingerprint density at radius 3 is 2.61 bits per heavy atom. The first-order valence-corrected chi connectivity index (χ1v) is 10.6. The molecule has 0 aliphatic carbocycles. The summed E-state index contributed by atoms with van der Waals surface area (Å²) in [5, 5.41) is 2.91. The summed E-state index contributed by atoms with van der Waals surface area (Å²) in [4.78, 5) is 32.2. The number of methoxy groups -OCH3 is 1. The molecular formula is C23H30N4O4. The molecule has 1 aliphatic rings. The summed E-state index contributed by atoms with van der Waals surface area (Å²) in [6, 6.07) is 9.69. The second-order valence-corrected chi connectivity index (χ2v) is 7.52. The Hall–Kier alpha value is -3.29. The van der Waals surface area contributed by atoms with E-state index in [-0.39, 0.29) is 18.6 Å². The van der Waals surface area contributed by atoms with E-state index in [1.54, 1.807) is 17.3 Å². The average Bonchev–Trinajstić information content (AvgIpc) is 2.82. The van der Waals surface area contributed by atoms with Crippen LogP contribution in [-0.4, -0.2) is 61.8 Å². The zero-order chi connectivity index (χ0) is 22.2. The normalized spacial score (nSPS) is 14.7. The summed E-state index contributed by atoms with van der Waals surface area (Å²) in [7, 11) is 1.38. The van der Waals surface area contributed by atoms with Gasteiger partial charge in [-0.1, -0.05) is 32.0 Å². The van der Waals surface area contributed by atoms with Crippen LogP contribution in [0.2, 0.25) is 0 Å². The maximum Gasteiger partial charge on any atom is 0.409 e. The van der Waals surface area contributed by atoms with Crippen LogP contribution in [0.5, 0.6) is 5.75 Å². The monoisotopic (exact) mass is 426 g/mol. The quantitative estimate of drug-likeness (QED) is 0.730. The van der Waals surface area contributed by atoms with Gasteiger partial charge in [-0.3, -0.25) is 9.78 Å². The lowest BCUT2D eigenvalue weighted by Crippen LogP contribution is -2.49. The highest BCUT2D eigenvalue weighted by atomic mass is 16.5. The van der Waals surface area contributed by atoms with E-state index in [0.29, 0.717) is 37.8 Å². The number of pyridine rings is 1. The number of ether oxygens (including phenoxy) is 2. The Morgan fingerprint density at radius 1 is 1.16 bits per heavy atom. The van der Waals surface area contributed by atoms with Crippen molar-refractivity contribution in [2.24, 2.45) is 0 Å². The van der Waals surface area contributed by atoms with Crippen molar-refractivity contribution >= 4 is 23.4 Å². The van der Waals surface area contributed by atoms with Crippen LogP contribution < -0.4 is 15.0 Å². The van der Waals surface area contributed by atoms with E-state index in [1.165, 1.54) is 7.11 Å². The molecule has 1 fully saturated rings. The highest BCUT2D eigenvalue weighted by molar-refractivity contribution is 5.95. The second kappa shape index (κ2) is 10.7. The average molecular weight is 427 g/mol. The molecule has 1 N–H and O–H groups in total. The molecule has 1 saturated heterocycles. The van der Waals surface area contributed by atoms with E-state index < -0.39 is 0 Å². The van der Waals surface area contributed by atoms with Gasteiger partial charge in [0.1, 0.15) is 5.75 Å². The fourth-order valence-corrected chi connectivity index (χ4v) is 3.59. The number of amides is 2. The zero-order valence-corrected chi connectivity index (χ0v) is 18.3. The van der Waals surface area contributed by atoms with E-state index in [9.17, 15) is 9.59 Å². The van der Waals surface area contributed by atoms with Crippen molar-refractivity contribution in [2.45, 2.75) is 26.2 Å². The van der Waals surface area contributed by atoms with Gasteiger partial charge in [0, 0.05) is 32.4 Å². The number of hydrogen-bond acceptors (Lipinski definition) is 6. The SMILES string of the molecule is CC[C@H](C)c1ccccc1OCC(=O)Nc1cnccc1N1CCN(C(=O)OC)CC1. The fourth-order valence-electron chi connectivity index (χ4n) is 3.59. The number of hydrogen-bond donors (Lipinski definition) is 1. The zero-order valence-electron chi connectivity index (χ0n) is 18.3. The first-order chi connectivity index (χ1) is 15.0. The smallest absolute Gasteiger partial charge is 0.409 e. The number of piperazine rings is 1. The van der Waals surface area contributed by atoms with Gasteiger partial charge in [0.25, 0.3) is 5.91 Å². The van der Waals surface area contributed by atoms with E-state index in [1.807, 2.05) is 30.3 Å². The van der Waals surface area contributed by atoms with E-state index >= 15 is 0 Å². The molecule has 1 aromatic carbocycles. The van der Waals surface area contributed by atoms with Crippen molar-refractivity contribution in [1.29, 1.82) is 0 Å². The highest BCUT2D eigenvalue weighted by Crippen LogP contribution is 2.29. The third-order valence-electron chi connectivity index (χ3n) is 5.55. The minimum Gasteiger partial charge on any atom is -0.483 e. The maximum absolute atomic E-state index is 12.6. The van der Waals surface area contributed by atoms with Gasteiger partial charge in [-0.25, -0.2) is 4.79 Å². The van der Waals surface area contributed by atoms with Gasteiger partial charge in [-0.2, -0.15) is 0 Å². The molecule has 2 amide bonds. The summed E-state index contributed by atoms with van der Waals surface area (Å²) in [5.74, 6) is 0.839. The Morgan fingerprint density at radius 2 is 1.90 bits per heavy atom. The molecule has 31 heavy (non-hydrogen) atoms. The summed E-state index contributed by atoms with van der Waals surface area (Å²) >= 11 is 0. The van der Waals surface area contributed by atoms with Crippen molar-refractivity contribution < 1.29 is 19.1 Å². The Kier molecular flexibility index (Phi) is 7.70. The number of nitrogens with one attached hydrogen (secondary N) is 1. The van der Waals surface area contributed by atoms with Crippen LogP contribution in [0.3, 0.4) is 0 Å². The summed E-state index contributed by atoms with van der Waals surface area (Å²) in [6.07, 6.45) is 4.00. The molecule has 0 saturated carbocycles. The number of carbonyl (C=O) groups is 2. The van der Waals surface area contributed by atoms with Crippen LogP contribution in [-0.2, 0) is 9.53 Å². The summed E-state index contributed by atoms with van der Waals surface area (Å²) in [5.41, 5.74) is 2.59.